The number of nitrogens with one attached hydrogen (secondary N) is 1. The van der Waals surface area contributed by atoms with Gasteiger partial charge in [-0.2, -0.15) is 4.37 Å². The summed E-state index contributed by atoms with van der Waals surface area (Å²) in [5.74, 6) is -0.318. The fraction of sp³-hybridized carbons (Fsp3) is 0.360. The van der Waals surface area contributed by atoms with Gasteiger partial charge in [-0.05, 0) is 55.6 Å². The molecule has 3 aromatic rings. The summed E-state index contributed by atoms with van der Waals surface area (Å²) >= 11 is 0.722. The Kier molecular flexibility index (Phi) is 7.20. The minimum Gasteiger partial charge on any atom is -0.486 e. The third-order valence-electron chi connectivity index (χ3n) is 6.24. The van der Waals surface area contributed by atoms with Crippen LogP contribution in [0.4, 0.5) is 11.4 Å². The van der Waals surface area contributed by atoms with Crippen LogP contribution in [0.5, 0.6) is 11.5 Å². The van der Waals surface area contributed by atoms with Crippen molar-refractivity contribution < 1.29 is 33.0 Å². The molecule has 0 aliphatic carbocycles. The van der Waals surface area contributed by atoms with Gasteiger partial charge in [0, 0.05) is 24.9 Å². The summed E-state index contributed by atoms with van der Waals surface area (Å²) in [6, 6.07) is 6.99. The first-order valence-corrected chi connectivity index (χ1v) is 12.8. The molecular formula is C25H27N5O7S. The number of hydrogen-bond acceptors (Lipinski definition) is 10. The Balaban J connectivity index is 1.59. The van der Waals surface area contributed by atoms with E-state index in [0.29, 0.717) is 42.8 Å². The number of aromatic nitrogens is 1. The smallest absolute Gasteiger partial charge is 0.273 e. The van der Waals surface area contributed by atoms with E-state index in [-0.39, 0.29) is 34.7 Å². The fourth-order valence-electron chi connectivity index (χ4n) is 4.39. The highest BCUT2D eigenvalue weighted by atomic mass is 32.1. The van der Waals surface area contributed by atoms with Crippen LogP contribution in [0, 0.1) is 6.92 Å². The van der Waals surface area contributed by atoms with Gasteiger partial charge in [-0.1, -0.05) is 0 Å². The van der Waals surface area contributed by atoms with Crippen molar-refractivity contribution in [1.82, 2.24) is 9.69 Å². The first-order valence-electron chi connectivity index (χ1n) is 12.1. The van der Waals surface area contributed by atoms with Crippen LogP contribution in [0.3, 0.4) is 0 Å². The van der Waals surface area contributed by atoms with Crippen LogP contribution >= 0.6 is 11.5 Å². The largest absolute Gasteiger partial charge is 0.486 e. The number of hydrogen-bond donors (Lipinski definition) is 3. The minimum absolute atomic E-state index is 0.0473. The fourth-order valence-corrected chi connectivity index (χ4v) is 5.14. The van der Waals surface area contributed by atoms with Crippen LogP contribution in [-0.4, -0.2) is 54.6 Å². The van der Waals surface area contributed by atoms with E-state index in [9.17, 15) is 14.4 Å². The van der Waals surface area contributed by atoms with E-state index >= 15 is 0 Å². The van der Waals surface area contributed by atoms with Gasteiger partial charge in [0.05, 0.1) is 11.8 Å². The van der Waals surface area contributed by atoms with Crippen molar-refractivity contribution in [3.8, 4) is 11.5 Å². The number of furan rings is 1. The highest BCUT2D eigenvalue weighted by molar-refractivity contribution is 7.09. The lowest BCUT2D eigenvalue weighted by Crippen LogP contribution is -2.45. The molecule has 2 aliphatic rings. The molecular weight excluding hydrogens is 514 g/mol. The number of benzene rings is 1. The van der Waals surface area contributed by atoms with E-state index < -0.39 is 23.8 Å². The van der Waals surface area contributed by atoms with E-state index in [0.717, 1.165) is 24.4 Å². The van der Waals surface area contributed by atoms with Crippen molar-refractivity contribution in [3.05, 3.63) is 52.4 Å². The summed E-state index contributed by atoms with van der Waals surface area (Å²) in [5.41, 5.74) is 11.4. The molecule has 1 fully saturated rings. The monoisotopic (exact) mass is 541 g/mol. The van der Waals surface area contributed by atoms with Gasteiger partial charge >= 0.3 is 0 Å². The molecule has 13 heteroatoms. The zero-order chi connectivity index (χ0) is 26.8. The number of carbonyl (C=O) groups excluding carboxylic acids is 3. The first kappa shape index (κ1) is 25.5. The Morgan fingerprint density at radius 3 is 2.61 bits per heavy atom. The number of nitrogens with two attached hydrogens (primary N) is 2. The zero-order valence-electron chi connectivity index (χ0n) is 20.6. The van der Waals surface area contributed by atoms with Crippen LogP contribution < -0.4 is 31.2 Å². The predicted octanol–water partition coefficient (Wildman–Crippen LogP) is 2.18. The van der Waals surface area contributed by atoms with Crippen LogP contribution in [0.1, 0.15) is 50.6 Å². The zero-order valence-corrected chi connectivity index (χ0v) is 21.4. The van der Waals surface area contributed by atoms with Gasteiger partial charge in [0.2, 0.25) is 0 Å². The van der Waals surface area contributed by atoms with E-state index in [1.54, 1.807) is 37.3 Å². The number of carbonyl (C=O) groups is 3. The van der Waals surface area contributed by atoms with Gasteiger partial charge in [0.1, 0.15) is 29.6 Å². The Morgan fingerprint density at radius 2 is 1.95 bits per heavy atom. The van der Waals surface area contributed by atoms with Gasteiger partial charge in [0.25, 0.3) is 17.7 Å². The maximum atomic E-state index is 14.1. The molecule has 200 valence electrons. The van der Waals surface area contributed by atoms with E-state index in [4.69, 9.17) is 30.1 Å². The molecule has 1 saturated heterocycles. The highest BCUT2D eigenvalue weighted by Gasteiger charge is 2.38. The van der Waals surface area contributed by atoms with Crippen LogP contribution in [0.15, 0.2) is 34.7 Å². The molecule has 5 N–H and O–H groups in total. The Labute approximate surface area is 222 Å². The predicted molar refractivity (Wildman–Crippen MR) is 137 cm³/mol. The second kappa shape index (κ2) is 10.7. The molecule has 38 heavy (non-hydrogen) atoms. The molecule has 3 amide bonds. The normalized spacial score (nSPS) is 17.1. The average molecular weight is 542 g/mol. The Bertz CT molecular complexity index is 1360. The van der Waals surface area contributed by atoms with E-state index in [1.807, 2.05) is 0 Å². The Hall–Kier alpha value is -4.10. The quantitative estimate of drug-likeness (QED) is 0.386. The van der Waals surface area contributed by atoms with Crippen LogP contribution in [-0.2, 0) is 9.53 Å². The Morgan fingerprint density at radius 1 is 1.16 bits per heavy atom. The lowest BCUT2D eigenvalue weighted by molar-refractivity contribution is -0.123. The minimum atomic E-state index is -1.24. The van der Waals surface area contributed by atoms with Crippen molar-refractivity contribution in [2.75, 3.05) is 37.0 Å². The SMILES string of the molecule is Cc1ccc([C@H](C(=O)NC[C@H]2CCCO2)N(C(=O)c2snc(C(N)=O)c2N)c2ccc3c(c2)OCCO3)o1. The topological polar surface area (TPSA) is 172 Å². The molecule has 2 aromatic heterocycles. The number of amides is 3. The molecule has 1 aromatic carbocycles. The first-order chi connectivity index (χ1) is 18.3. The molecule has 0 bridgehead atoms. The molecule has 5 rings (SSSR count). The molecule has 2 atom stereocenters. The number of anilines is 2. The maximum absolute atomic E-state index is 14.1. The summed E-state index contributed by atoms with van der Waals surface area (Å²) in [5, 5.41) is 2.90. The van der Waals surface area contributed by atoms with Crippen molar-refractivity contribution in [1.29, 1.82) is 0 Å². The summed E-state index contributed by atoms with van der Waals surface area (Å²) in [6.45, 7) is 3.36. The second-order valence-corrected chi connectivity index (χ2v) is 9.65. The third kappa shape index (κ3) is 5.02. The molecule has 0 saturated carbocycles. The second-order valence-electron chi connectivity index (χ2n) is 8.87. The van der Waals surface area contributed by atoms with Gasteiger partial charge in [0.15, 0.2) is 23.2 Å². The van der Waals surface area contributed by atoms with Crippen LogP contribution in [0.2, 0.25) is 0 Å². The van der Waals surface area contributed by atoms with Crippen molar-refractivity contribution in [2.24, 2.45) is 5.73 Å². The molecule has 0 radical (unpaired) electrons. The standard InChI is InChI=1S/C25H27N5O7S/c1-13-4-6-17(37-13)21(24(32)28-12-15-3-2-8-34-15)30(14-5-7-16-18(11-14)36-10-9-35-16)25(33)22-19(26)20(23(27)31)29-38-22/h4-7,11,15,21H,2-3,8-10,12,26H2,1H3,(H2,27,31)(H,28,32)/t15-,21-/m1/s1. The lowest BCUT2D eigenvalue weighted by atomic mass is 10.1. The summed E-state index contributed by atoms with van der Waals surface area (Å²) in [4.78, 5) is 40.8. The summed E-state index contributed by atoms with van der Waals surface area (Å²) in [7, 11) is 0. The highest BCUT2D eigenvalue weighted by Crippen LogP contribution is 2.39. The van der Waals surface area contributed by atoms with Crippen molar-refractivity contribution >= 4 is 40.6 Å². The molecule has 4 heterocycles. The van der Waals surface area contributed by atoms with E-state index in [2.05, 4.69) is 9.69 Å². The number of ether oxygens (including phenoxy) is 3. The average Bonchev–Trinajstić information content (AvgIpc) is 3.66. The van der Waals surface area contributed by atoms with E-state index in [1.165, 1.54) is 4.90 Å². The summed E-state index contributed by atoms with van der Waals surface area (Å²) in [6.07, 6.45) is 1.62. The molecule has 12 nitrogen and oxygen atoms in total. The number of nitrogens with zero attached hydrogens (tertiary/aromatic N) is 2. The molecule has 2 aliphatic heterocycles. The van der Waals surface area contributed by atoms with Crippen molar-refractivity contribution in [3.63, 3.8) is 0 Å². The number of rotatable bonds is 8. The van der Waals surface area contributed by atoms with Crippen LogP contribution in [0.25, 0.3) is 0 Å². The molecule has 0 spiro atoms. The lowest BCUT2D eigenvalue weighted by Gasteiger charge is -2.31. The maximum Gasteiger partial charge on any atom is 0.273 e. The number of aryl methyl sites for hydroxylation is 1. The third-order valence-corrected chi connectivity index (χ3v) is 7.09. The van der Waals surface area contributed by atoms with Gasteiger partial charge in [-0.3, -0.25) is 19.3 Å². The number of nitrogen functional groups attached to an aromatic ring is 1. The van der Waals surface area contributed by atoms with Gasteiger partial charge < -0.3 is 35.4 Å². The van der Waals surface area contributed by atoms with Crippen molar-refractivity contribution in [2.45, 2.75) is 31.9 Å². The van der Waals surface area contributed by atoms with Gasteiger partial charge in [-0.15, -0.1) is 0 Å². The molecule has 0 unspecified atom stereocenters. The van der Waals surface area contributed by atoms with Gasteiger partial charge in [-0.25, -0.2) is 0 Å². The number of fused-ring (bicyclic) bond motifs is 1. The number of primary amides is 1. The summed E-state index contributed by atoms with van der Waals surface area (Å²) < 4.78 is 26.8.